The van der Waals surface area contributed by atoms with Crippen LogP contribution in [0.4, 0.5) is 0 Å². The third-order valence-corrected chi connectivity index (χ3v) is 5.64. The predicted octanol–water partition coefficient (Wildman–Crippen LogP) is 0.993. The summed E-state index contributed by atoms with van der Waals surface area (Å²) >= 11 is 0. The van der Waals surface area contributed by atoms with E-state index in [4.69, 9.17) is 0 Å². The molecule has 2 unspecified atom stereocenters. The third kappa shape index (κ3) is 2.89. The molecule has 0 aliphatic carbocycles. The lowest BCUT2D eigenvalue weighted by molar-refractivity contribution is 0.0604. The lowest BCUT2D eigenvalue weighted by Crippen LogP contribution is -2.45. The van der Waals surface area contributed by atoms with E-state index < -0.39 is 16.1 Å². The van der Waals surface area contributed by atoms with Crippen LogP contribution in [0.3, 0.4) is 0 Å². The monoisotopic (exact) mass is 301 g/mol. The predicted molar refractivity (Wildman–Crippen MR) is 75.8 cm³/mol. The van der Waals surface area contributed by atoms with Gasteiger partial charge in [0, 0.05) is 25.8 Å². The van der Waals surface area contributed by atoms with E-state index in [0.29, 0.717) is 18.8 Å². The van der Waals surface area contributed by atoms with E-state index in [9.17, 15) is 13.5 Å². The molecule has 0 amide bonds. The molecule has 1 fully saturated rings. The smallest absolute Gasteiger partial charge is 0.262 e. The third-order valence-electron chi connectivity index (χ3n) is 3.90. The molecule has 7 heteroatoms. The zero-order valence-corrected chi connectivity index (χ0v) is 13.1. The minimum Gasteiger partial charge on any atom is -0.391 e. The van der Waals surface area contributed by atoms with Crippen LogP contribution in [-0.4, -0.2) is 46.6 Å². The van der Waals surface area contributed by atoms with Crippen LogP contribution in [0, 0.1) is 12.8 Å². The van der Waals surface area contributed by atoms with Crippen LogP contribution in [0.1, 0.15) is 32.5 Å². The topological polar surface area (TPSA) is 75.4 Å². The fraction of sp³-hybridized carbons (Fsp3) is 0.769. The molecule has 0 radical (unpaired) electrons. The Kier molecular flexibility index (Phi) is 4.51. The Bertz CT molecular complexity index is 567. The van der Waals surface area contributed by atoms with Gasteiger partial charge in [-0.05, 0) is 25.7 Å². The van der Waals surface area contributed by atoms with Crippen molar-refractivity contribution in [3.8, 4) is 0 Å². The first kappa shape index (κ1) is 15.5. The van der Waals surface area contributed by atoms with E-state index in [1.165, 1.54) is 4.31 Å². The maximum Gasteiger partial charge on any atom is 0.262 e. The van der Waals surface area contributed by atoms with Crippen molar-refractivity contribution in [2.45, 2.75) is 51.3 Å². The number of β-amino-alcohol motifs (C(OH)–C–C–N with tert-alkyl or cyclic N) is 1. The van der Waals surface area contributed by atoms with Crippen molar-refractivity contribution in [1.82, 2.24) is 13.9 Å². The highest BCUT2D eigenvalue weighted by atomic mass is 32.2. The summed E-state index contributed by atoms with van der Waals surface area (Å²) in [5.74, 6) is 0.845. The van der Waals surface area contributed by atoms with Crippen LogP contribution in [0.25, 0.3) is 0 Å². The fourth-order valence-corrected chi connectivity index (χ4v) is 3.91. The first-order chi connectivity index (χ1) is 9.36. The van der Waals surface area contributed by atoms with Gasteiger partial charge in [-0.25, -0.2) is 13.4 Å². The van der Waals surface area contributed by atoms with Crippen molar-refractivity contribution in [1.29, 1.82) is 0 Å². The number of nitrogens with zero attached hydrogens (tertiary/aromatic N) is 3. The lowest BCUT2D eigenvalue weighted by Gasteiger charge is -2.32. The Morgan fingerprint density at radius 2 is 2.20 bits per heavy atom. The largest absolute Gasteiger partial charge is 0.391 e. The van der Waals surface area contributed by atoms with Gasteiger partial charge in [-0.3, -0.25) is 0 Å². The van der Waals surface area contributed by atoms with Crippen molar-refractivity contribution in [2.24, 2.45) is 5.92 Å². The van der Waals surface area contributed by atoms with Gasteiger partial charge >= 0.3 is 0 Å². The number of imidazole rings is 1. The highest BCUT2D eigenvalue weighted by Gasteiger charge is 2.34. The number of piperidine rings is 1. The summed E-state index contributed by atoms with van der Waals surface area (Å²) in [5, 5.41) is 9.96. The number of hydrogen-bond acceptors (Lipinski definition) is 4. The maximum atomic E-state index is 12.5. The van der Waals surface area contributed by atoms with Crippen LogP contribution in [0.5, 0.6) is 0 Å². The van der Waals surface area contributed by atoms with E-state index >= 15 is 0 Å². The Morgan fingerprint density at radius 3 is 2.80 bits per heavy atom. The summed E-state index contributed by atoms with van der Waals surface area (Å²) in [7, 11) is -3.60. The molecule has 6 nitrogen and oxygen atoms in total. The SMILES string of the molecule is CCCn1cc(S(=O)(=O)N2CCC(C)C(O)C2)nc1C. The van der Waals surface area contributed by atoms with Gasteiger partial charge in [0.05, 0.1) is 6.10 Å². The Labute approximate surface area is 120 Å². The van der Waals surface area contributed by atoms with Gasteiger partial charge in [0.25, 0.3) is 10.0 Å². The first-order valence-electron chi connectivity index (χ1n) is 7.08. The molecule has 1 aliphatic heterocycles. The van der Waals surface area contributed by atoms with Gasteiger partial charge < -0.3 is 9.67 Å². The van der Waals surface area contributed by atoms with Gasteiger partial charge in [0.15, 0.2) is 5.03 Å². The standard InChI is InChI=1S/C13H23N3O3S/c1-4-6-15-9-13(14-11(15)3)20(18,19)16-7-5-10(2)12(17)8-16/h9-10,12,17H,4-8H2,1-3H3. The number of rotatable bonds is 4. The molecule has 0 spiro atoms. The molecule has 2 rings (SSSR count). The van der Waals surface area contributed by atoms with E-state index in [-0.39, 0.29) is 17.5 Å². The fourth-order valence-electron chi connectivity index (χ4n) is 2.44. The summed E-state index contributed by atoms with van der Waals surface area (Å²) < 4.78 is 28.3. The maximum absolute atomic E-state index is 12.5. The average molecular weight is 301 g/mol. The van der Waals surface area contributed by atoms with E-state index in [1.807, 2.05) is 25.3 Å². The van der Waals surface area contributed by atoms with Crippen molar-refractivity contribution in [3.05, 3.63) is 12.0 Å². The molecule has 0 bridgehead atoms. The molecule has 1 aromatic heterocycles. The number of aryl methyl sites for hydroxylation is 2. The Hall–Kier alpha value is -0.920. The molecule has 2 heterocycles. The van der Waals surface area contributed by atoms with Crippen molar-refractivity contribution in [3.63, 3.8) is 0 Å². The summed E-state index contributed by atoms with van der Waals surface area (Å²) in [5.41, 5.74) is 0. The quantitative estimate of drug-likeness (QED) is 0.900. The molecule has 1 aliphatic rings. The number of sulfonamides is 1. The van der Waals surface area contributed by atoms with Crippen molar-refractivity contribution >= 4 is 10.0 Å². The normalized spacial score (nSPS) is 25.0. The highest BCUT2D eigenvalue weighted by Crippen LogP contribution is 2.23. The summed E-state index contributed by atoms with van der Waals surface area (Å²) in [6, 6.07) is 0. The minimum atomic E-state index is -3.60. The molecular weight excluding hydrogens is 278 g/mol. The molecule has 0 saturated carbocycles. The van der Waals surface area contributed by atoms with Crippen LogP contribution in [-0.2, 0) is 16.6 Å². The zero-order chi connectivity index (χ0) is 14.9. The van der Waals surface area contributed by atoms with Crippen LogP contribution < -0.4 is 0 Å². The van der Waals surface area contributed by atoms with Crippen molar-refractivity contribution < 1.29 is 13.5 Å². The summed E-state index contributed by atoms with van der Waals surface area (Å²) in [6.07, 6.45) is 2.60. The Morgan fingerprint density at radius 1 is 1.50 bits per heavy atom. The molecule has 1 saturated heterocycles. The van der Waals surface area contributed by atoms with Gasteiger partial charge in [0.2, 0.25) is 0 Å². The second kappa shape index (κ2) is 5.83. The number of aliphatic hydroxyl groups is 1. The van der Waals surface area contributed by atoms with E-state index in [0.717, 1.165) is 13.0 Å². The molecular formula is C13H23N3O3S. The van der Waals surface area contributed by atoms with Crippen LogP contribution in [0.2, 0.25) is 0 Å². The molecule has 1 aromatic rings. The highest BCUT2D eigenvalue weighted by molar-refractivity contribution is 7.89. The van der Waals surface area contributed by atoms with Crippen LogP contribution >= 0.6 is 0 Å². The first-order valence-corrected chi connectivity index (χ1v) is 8.52. The van der Waals surface area contributed by atoms with Gasteiger partial charge in [-0.1, -0.05) is 13.8 Å². The van der Waals surface area contributed by atoms with Crippen LogP contribution in [0.15, 0.2) is 11.2 Å². The average Bonchev–Trinajstić information content (AvgIpc) is 2.75. The number of hydrogen-bond donors (Lipinski definition) is 1. The second-order valence-electron chi connectivity index (χ2n) is 5.52. The number of aliphatic hydroxyl groups excluding tert-OH is 1. The molecule has 20 heavy (non-hydrogen) atoms. The molecule has 2 atom stereocenters. The number of aromatic nitrogens is 2. The second-order valence-corrected chi connectivity index (χ2v) is 7.40. The molecule has 114 valence electrons. The Balaban J connectivity index is 2.24. The summed E-state index contributed by atoms with van der Waals surface area (Å²) in [4.78, 5) is 4.17. The van der Waals surface area contributed by atoms with Gasteiger partial charge in [-0.2, -0.15) is 4.31 Å². The zero-order valence-electron chi connectivity index (χ0n) is 12.3. The molecule has 0 aromatic carbocycles. The lowest BCUT2D eigenvalue weighted by atomic mass is 9.98. The summed E-state index contributed by atoms with van der Waals surface area (Å²) in [6.45, 7) is 7.14. The van der Waals surface area contributed by atoms with Crippen molar-refractivity contribution in [2.75, 3.05) is 13.1 Å². The van der Waals surface area contributed by atoms with Gasteiger partial charge in [0.1, 0.15) is 5.82 Å². The van der Waals surface area contributed by atoms with E-state index in [1.54, 1.807) is 6.20 Å². The molecule has 1 N–H and O–H groups in total. The van der Waals surface area contributed by atoms with E-state index in [2.05, 4.69) is 4.98 Å². The van der Waals surface area contributed by atoms with Gasteiger partial charge in [-0.15, -0.1) is 0 Å². The minimum absolute atomic E-state index is 0.0882.